The number of hydrogen-bond acceptors (Lipinski definition) is 2. The molecule has 0 unspecified atom stereocenters. The van der Waals surface area contributed by atoms with Gasteiger partial charge in [0.2, 0.25) is 0 Å². The molecule has 3 rings (SSSR count). The van der Waals surface area contributed by atoms with Gasteiger partial charge in [0.05, 0.1) is 6.04 Å². The zero-order valence-electron chi connectivity index (χ0n) is 22.7. The van der Waals surface area contributed by atoms with Crippen LogP contribution in [-0.4, -0.2) is 71.1 Å². The van der Waals surface area contributed by atoms with Crippen LogP contribution in [0.3, 0.4) is 0 Å². The number of alkyl halides is 17. The molecule has 0 saturated heterocycles. The van der Waals surface area contributed by atoms with Gasteiger partial charge in [-0.05, 0) is 34.4 Å². The van der Waals surface area contributed by atoms with Crippen LogP contribution in [0, 0.1) is 0 Å². The highest BCUT2D eigenvalue weighted by atomic mass is 19.4. The van der Waals surface area contributed by atoms with Crippen molar-refractivity contribution in [1.82, 2.24) is 0 Å². The van der Waals surface area contributed by atoms with E-state index in [9.17, 15) is 79.7 Å². The van der Waals surface area contributed by atoms with Crippen molar-refractivity contribution >= 4 is 17.0 Å². The number of benzene rings is 3. The first-order valence-corrected chi connectivity index (χ1v) is 12.6. The van der Waals surface area contributed by atoms with Crippen LogP contribution in [0.4, 0.5) is 74.6 Å². The Bertz CT molecular complexity index is 1570. The molecule has 0 aromatic heterocycles. The van der Waals surface area contributed by atoms with E-state index in [4.69, 9.17) is 0 Å². The van der Waals surface area contributed by atoms with Crippen LogP contribution < -0.4 is 0 Å². The average Bonchev–Trinajstić information content (AvgIpc) is 2.98. The van der Waals surface area contributed by atoms with Gasteiger partial charge in [-0.1, -0.05) is 66.7 Å². The lowest BCUT2D eigenvalue weighted by molar-refractivity contribution is -0.464. The summed E-state index contributed by atoms with van der Waals surface area (Å²) in [6.07, 6.45) is -12.6. The molecule has 3 aromatic rings. The summed E-state index contributed by atoms with van der Waals surface area (Å²) in [6.45, 7) is 0. The molecule has 0 aliphatic carbocycles. The van der Waals surface area contributed by atoms with E-state index in [2.05, 4.69) is 4.99 Å². The van der Waals surface area contributed by atoms with Gasteiger partial charge in [-0.25, -0.2) is 0 Å². The van der Waals surface area contributed by atoms with E-state index < -0.39 is 66.2 Å². The Balaban J connectivity index is 2.08. The van der Waals surface area contributed by atoms with Gasteiger partial charge < -0.3 is 5.11 Å². The van der Waals surface area contributed by atoms with Crippen LogP contribution in [0.2, 0.25) is 0 Å². The van der Waals surface area contributed by atoms with Crippen molar-refractivity contribution in [2.75, 3.05) is 0 Å². The first kappa shape index (κ1) is 37.8. The molecule has 0 heterocycles. The minimum Gasteiger partial charge on any atom is -0.384 e. The third-order valence-electron chi connectivity index (χ3n) is 6.96. The Morgan fingerprint density at radius 2 is 0.979 bits per heavy atom. The summed E-state index contributed by atoms with van der Waals surface area (Å²) in [4.78, 5) is 3.45. The predicted octanol–water partition coefficient (Wildman–Crippen LogP) is 9.24. The summed E-state index contributed by atoms with van der Waals surface area (Å²) in [5.41, 5.74) is -0.127. The van der Waals surface area contributed by atoms with Gasteiger partial charge >= 0.3 is 47.6 Å². The number of aliphatic imine (C=N–C) groups is 1. The SMILES string of the molecule is O[C@@H]([C@H](Cc1ccccc1)N=Cc1ccc2ccccc2c1)C(F)(F)C(F)(F)C(F)(F)C(F)(F)C(F)(F)C(F)(F)C(F)(F)C(F)(F)F. The van der Waals surface area contributed by atoms with Gasteiger partial charge in [0.1, 0.15) is 6.10 Å². The molecule has 47 heavy (non-hydrogen) atoms. The number of halogens is 17. The first-order chi connectivity index (χ1) is 21.2. The largest absolute Gasteiger partial charge is 0.460 e. The number of aliphatic hydroxyl groups excluding tert-OH is 1. The quantitative estimate of drug-likeness (QED) is 0.148. The second-order valence-corrected chi connectivity index (χ2v) is 10.2. The zero-order chi connectivity index (χ0) is 36.1. The number of nitrogens with zero attached hydrogens (tertiary/aromatic N) is 1. The normalized spacial score (nSPS) is 16.1. The molecule has 3 aromatic carbocycles. The Hall–Kier alpha value is -3.64. The molecule has 260 valence electrons. The summed E-state index contributed by atoms with van der Waals surface area (Å²) >= 11 is 0. The summed E-state index contributed by atoms with van der Waals surface area (Å²) in [7, 11) is 0. The fourth-order valence-corrected chi connectivity index (χ4v) is 4.17. The van der Waals surface area contributed by atoms with E-state index in [0.717, 1.165) is 12.1 Å². The lowest BCUT2D eigenvalue weighted by Gasteiger charge is -2.43. The van der Waals surface area contributed by atoms with E-state index in [1.807, 2.05) is 0 Å². The highest BCUT2D eigenvalue weighted by Crippen LogP contribution is 2.64. The highest BCUT2D eigenvalue weighted by Gasteiger charge is 2.95. The van der Waals surface area contributed by atoms with Crippen molar-refractivity contribution in [3.05, 3.63) is 83.9 Å². The first-order valence-electron chi connectivity index (χ1n) is 12.6. The van der Waals surface area contributed by atoms with Gasteiger partial charge in [-0.15, -0.1) is 0 Å². The topological polar surface area (TPSA) is 32.6 Å². The van der Waals surface area contributed by atoms with Gasteiger partial charge in [0.15, 0.2) is 0 Å². The third-order valence-corrected chi connectivity index (χ3v) is 6.96. The lowest BCUT2D eigenvalue weighted by atomic mass is 9.85. The van der Waals surface area contributed by atoms with Gasteiger partial charge in [-0.3, -0.25) is 4.99 Å². The molecule has 0 saturated carbocycles. The Morgan fingerprint density at radius 1 is 0.532 bits per heavy atom. The van der Waals surface area contributed by atoms with E-state index in [1.165, 1.54) is 36.4 Å². The van der Waals surface area contributed by atoms with Gasteiger partial charge in [0.25, 0.3) is 0 Å². The second-order valence-electron chi connectivity index (χ2n) is 10.2. The number of hydrogen-bond donors (Lipinski definition) is 1. The summed E-state index contributed by atoms with van der Waals surface area (Å²) < 4.78 is 234. The molecule has 0 aliphatic heterocycles. The van der Waals surface area contributed by atoms with E-state index >= 15 is 0 Å². The molecule has 2 nitrogen and oxygen atoms in total. The smallest absolute Gasteiger partial charge is 0.384 e. The van der Waals surface area contributed by atoms with Crippen LogP contribution in [0.15, 0.2) is 77.8 Å². The molecule has 19 heteroatoms. The highest BCUT2D eigenvalue weighted by molar-refractivity contribution is 5.90. The van der Waals surface area contributed by atoms with Gasteiger partial charge in [-0.2, -0.15) is 74.6 Å². The summed E-state index contributed by atoms with van der Waals surface area (Å²) in [5, 5.41) is 11.3. The monoisotopic (exact) mass is 707 g/mol. The number of fused-ring (bicyclic) bond motifs is 1. The number of rotatable bonds is 12. The fourth-order valence-electron chi connectivity index (χ4n) is 4.17. The van der Waals surface area contributed by atoms with Crippen LogP contribution >= 0.6 is 0 Å². The van der Waals surface area contributed by atoms with Crippen LogP contribution in [0.5, 0.6) is 0 Å². The van der Waals surface area contributed by atoms with Crippen molar-refractivity contribution < 1.29 is 79.7 Å². The molecule has 0 spiro atoms. The van der Waals surface area contributed by atoms with Crippen LogP contribution in [0.25, 0.3) is 10.8 Å². The van der Waals surface area contributed by atoms with E-state index in [0.29, 0.717) is 17.0 Å². The molecule has 0 radical (unpaired) electrons. The molecule has 2 atom stereocenters. The third kappa shape index (κ3) is 6.10. The predicted molar refractivity (Wildman–Crippen MR) is 132 cm³/mol. The molecular weight excluding hydrogens is 689 g/mol. The van der Waals surface area contributed by atoms with Crippen molar-refractivity contribution in [3.8, 4) is 0 Å². The Kier molecular flexibility index (Phi) is 9.74. The molecule has 0 bridgehead atoms. The van der Waals surface area contributed by atoms with E-state index in [-0.39, 0.29) is 11.1 Å². The van der Waals surface area contributed by atoms with Crippen molar-refractivity contribution in [1.29, 1.82) is 0 Å². The maximum atomic E-state index is 15.0. The molecule has 1 N–H and O–H groups in total. The van der Waals surface area contributed by atoms with E-state index in [1.54, 1.807) is 24.3 Å². The molecule has 0 fully saturated rings. The second kappa shape index (κ2) is 12.1. The summed E-state index contributed by atoms with van der Waals surface area (Å²) in [6, 6.07) is 13.7. The van der Waals surface area contributed by atoms with Crippen LogP contribution in [-0.2, 0) is 6.42 Å². The van der Waals surface area contributed by atoms with Crippen LogP contribution in [0.1, 0.15) is 11.1 Å². The number of aliphatic hydroxyl groups is 1. The Morgan fingerprint density at radius 3 is 1.49 bits per heavy atom. The fraction of sp³-hybridized carbons (Fsp3) is 0.393. The zero-order valence-corrected chi connectivity index (χ0v) is 22.7. The van der Waals surface area contributed by atoms with Crippen molar-refractivity contribution in [3.63, 3.8) is 0 Å². The molecule has 0 aliphatic rings. The standard InChI is InChI=1S/C28H18F17NO/c29-21(30,22(31,32)23(33,34)24(35,36)25(37,38)26(39,40)27(41,42)28(43,44)45)20(47)19(13-15-6-2-1-3-7-15)46-14-16-10-11-17-8-4-5-9-18(17)12-16/h1-12,14,19-20,47H,13H2/t19-,20-/m0/s1. The molecular formula is C28H18F17NO. The Labute approximate surface area is 252 Å². The van der Waals surface area contributed by atoms with Gasteiger partial charge in [0, 0.05) is 6.21 Å². The average molecular weight is 707 g/mol. The maximum Gasteiger partial charge on any atom is 0.460 e. The summed E-state index contributed by atoms with van der Waals surface area (Å²) in [5.74, 6) is -58.0. The molecule has 0 amide bonds. The minimum atomic E-state index is -8.76. The van der Waals surface area contributed by atoms with Crippen molar-refractivity contribution in [2.45, 2.75) is 66.2 Å². The maximum absolute atomic E-state index is 15.0. The van der Waals surface area contributed by atoms with Crippen molar-refractivity contribution in [2.24, 2.45) is 4.99 Å². The lowest BCUT2D eigenvalue weighted by Crippen LogP contribution is -2.75. The minimum absolute atomic E-state index is 0.00775.